The number of carboxylic acids is 1. The van der Waals surface area contributed by atoms with Gasteiger partial charge in [0, 0.05) is 0 Å². The Balaban J connectivity index is 1.90. The second-order valence-corrected chi connectivity index (χ2v) is 4.72. The lowest BCUT2D eigenvalue weighted by Crippen LogP contribution is -2.51. The Morgan fingerprint density at radius 1 is 1.35 bits per heavy atom. The first-order valence-electron chi connectivity index (χ1n) is 6.40. The van der Waals surface area contributed by atoms with Crippen molar-refractivity contribution in [2.75, 3.05) is 13.1 Å². The molecule has 1 fully saturated rings. The zero-order valence-electron chi connectivity index (χ0n) is 11.2. The predicted octanol–water partition coefficient (Wildman–Crippen LogP) is 1.50. The molecule has 6 nitrogen and oxygen atoms in total. The maximum absolute atomic E-state index is 11.9. The highest BCUT2D eigenvalue weighted by Crippen LogP contribution is 2.13. The summed E-state index contributed by atoms with van der Waals surface area (Å²) in [5, 5.41) is 8.96. The van der Waals surface area contributed by atoms with Gasteiger partial charge in [-0.25, -0.2) is 9.59 Å². The molecule has 108 valence electrons. The molecule has 2 atom stereocenters. The van der Waals surface area contributed by atoms with Crippen LogP contribution in [-0.4, -0.2) is 47.4 Å². The first-order chi connectivity index (χ1) is 9.56. The molecule has 0 saturated carbocycles. The zero-order chi connectivity index (χ0) is 14.5. The summed E-state index contributed by atoms with van der Waals surface area (Å²) in [5.41, 5.74) is 0.886. The minimum atomic E-state index is -1.07. The molecule has 1 aromatic rings. The summed E-state index contributed by atoms with van der Waals surface area (Å²) in [7, 11) is 0. The lowest BCUT2D eigenvalue weighted by Gasteiger charge is -2.34. The average Bonchev–Trinajstić information content (AvgIpc) is 2.45. The van der Waals surface area contributed by atoms with E-state index in [0.29, 0.717) is 6.54 Å². The van der Waals surface area contributed by atoms with Crippen molar-refractivity contribution >= 4 is 12.1 Å². The van der Waals surface area contributed by atoms with Gasteiger partial charge >= 0.3 is 12.1 Å². The second kappa shape index (κ2) is 6.38. The van der Waals surface area contributed by atoms with E-state index in [-0.39, 0.29) is 19.3 Å². The second-order valence-electron chi connectivity index (χ2n) is 4.72. The summed E-state index contributed by atoms with van der Waals surface area (Å²) >= 11 is 0. The van der Waals surface area contributed by atoms with Crippen molar-refractivity contribution in [2.24, 2.45) is 0 Å². The van der Waals surface area contributed by atoms with E-state index < -0.39 is 18.2 Å². The number of aliphatic carboxylic acids is 1. The monoisotopic (exact) mass is 279 g/mol. The number of hydrogen-bond donors (Lipinski definition) is 1. The molecule has 0 spiro atoms. The van der Waals surface area contributed by atoms with Gasteiger partial charge in [0.15, 0.2) is 6.10 Å². The zero-order valence-corrected chi connectivity index (χ0v) is 11.2. The van der Waals surface area contributed by atoms with Gasteiger partial charge < -0.3 is 19.5 Å². The van der Waals surface area contributed by atoms with E-state index in [0.717, 1.165) is 5.56 Å². The molecule has 1 amide bonds. The van der Waals surface area contributed by atoms with Crippen LogP contribution in [0.5, 0.6) is 0 Å². The van der Waals surface area contributed by atoms with Crippen LogP contribution in [0.4, 0.5) is 4.79 Å². The fourth-order valence-electron chi connectivity index (χ4n) is 2.05. The maximum Gasteiger partial charge on any atom is 0.410 e. The molecule has 1 aromatic carbocycles. The highest BCUT2D eigenvalue weighted by Gasteiger charge is 2.33. The molecule has 6 heteroatoms. The fourth-order valence-corrected chi connectivity index (χ4v) is 2.05. The third kappa shape index (κ3) is 3.71. The molecule has 20 heavy (non-hydrogen) atoms. The molecule has 1 aliphatic heterocycles. The maximum atomic E-state index is 11.9. The number of benzene rings is 1. The minimum absolute atomic E-state index is 0.00724. The number of ether oxygens (including phenoxy) is 2. The van der Waals surface area contributed by atoms with Crippen LogP contribution in [0, 0.1) is 0 Å². The van der Waals surface area contributed by atoms with Crippen molar-refractivity contribution in [3.63, 3.8) is 0 Å². The van der Waals surface area contributed by atoms with Crippen LogP contribution < -0.4 is 0 Å². The van der Waals surface area contributed by atoms with E-state index in [2.05, 4.69) is 0 Å². The number of carbonyl (C=O) groups excluding carboxylic acids is 1. The van der Waals surface area contributed by atoms with E-state index >= 15 is 0 Å². The summed E-state index contributed by atoms with van der Waals surface area (Å²) in [6, 6.07) is 9.32. The molecule has 0 aromatic heterocycles. The lowest BCUT2D eigenvalue weighted by atomic mass is 10.2. The van der Waals surface area contributed by atoms with E-state index in [9.17, 15) is 9.59 Å². The van der Waals surface area contributed by atoms with Gasteiger partial charge in [0.2, 0.25) is 0 Å². The average molecular weight is 279 g/mol. The molecule has 1 N–H and O–H groups in total. The third-order valence-electron chi connectivity index (χ3n) is 3.00. The highest BCUT2D eigenvalue weighted by molar-refractivity contribution is 5.75. The third-order valence-corrected chi connectivity index (χ3v) is 3.00. The van der Waals surface area contributed by atoms with E-state index in [1.165, 1.54) is 4.90 Å². The minimum Gasteiger partial charge on any atom is -0.479 e. The molecule has 0 radical (unpaired) electrons. The summed E-state index contributed by atoms with van der Waals surface area (Å²) < 4.78 is 10.4. The summed E-state index contributed by atoms with van der Waals surface area (Å²) in [6.45, 7) is 2.24. The van der Waals surface area contributed by atoms with Crippen LogP contribution in [0.2, 0.25) is 0 Å². The summed E-state index contributed by atoms with van der Waals surface area (Å²) in [5.74, 6) is -1.07. The van der Waals surface area contributed by atoms with Gasteiger partial charge in [0.25, 0.3) is 0 Å². The summed E-state index contributed by atoms with van der Waals surface area (Å²) in [4.78, 5) is 24.3. The lowest BCUT2D eigenvalue weighted by molar-refractivity contribution is -0.161. The van der Waals surface area contributed by atoms with E-state index in [4.69, 9.17) is 14.6 Å². The quantitative estimate of drug-likeness (QED) is 0.907. The van der Waals surface area contributed by atoms with Crippen molar-refractivity contribution in [1.82, 2.24) is 4.90 Å². The molecule has 1 aliphatic rings. The Kier molecular flexibility index (Phi) is 4.57. The van der Waals surface area contributed by atoms with Gasteiger partial charge in [0.1, 0.15) is 6.61 Å². The molecule has 2 rings (SSSR count). The van der Waals surface area contributed by atoms with Crippen molar-refractivity contribution in [3.8, 4) is 0 Å². The van der Waals surface area contributed by atoms with Crippen LogP contribution in [0.1, 0.15) is 12.5 Å². The standard InChI is InChI=1S/C14H17NO5/c1-10-7-15(8-12(20-10)13(16)17)14(18)19-9-11-5-3-2-4-6-11/h2-6,10,12H,7-9H2,1H3,(H,16,17)/t10-,12-/m0/s1. The number of nitrogens with zero attached hydrogens (tertiary/aromatic N) is 1. The van der Waals surface area contributed by atoms with Crippen molar-refractivity contribution < 1.29 is 24.2 Å². The number of carboxylic acid groups (broad SMARTS) is 1. The Hall–Kier alpha value is -2.08. The van der Waals surface area contributed by atoms with Crippen LogP contribution in [0.15, 0.2) is 30.3 Å². The Bertz CT molecular complexity index is 476. The van der Waals surface area contributed by atoms with Crippen LogP contribution in [0.25, 0.3) is 0 Å². The first-order valence-corrected chi connectivity index (χ1v) is 6.40. The molecule has 1 heterocycles. The van der Waals surface area contributed by atoms with Gasteiger partial charge in [-0.3, -0.25) is 0 Å². The molecule has 0 aliphatic carbocycles. The van der Waals surface area contributed by atoms with Crippen LogP contribution in [0.3, 0.4) is 0 Å². The summed E-state index contributed by atoms with van der Waals surface area (Å²) in [6.07, 6.45) is -1.84. The van der Waals surface area contributed by atoms with E-state index in [1.807, 2.05) is 30.3 Å². The number of hydrogen-bond acceptors (Lipinski definition) is 4. The number of rotatable bonds is 3. The van der Waals surface area contributed by atoms with Crippen molar-refractivity contribution in [3.05, 3.63) is 35.9 Å². The Labute approximate surface area is 116 Å². The first kappa shape index (κ1) is 14.3. The number of amides is 1. The predicted molar refractivity (Wildman–Crippen MR) is 70.2 cm³/mol. The molecular formula is C14H17NO5. The van der Waals surface area contributed by atoms with Gasteiger partial charge in [-0.2, -0.15) is 0 Å². The SMILES string of the molecule is C[C@H]1CN(C(=O)OCc2ccccc2)C[C@@H](C(=O)O)O1. The molecule has 1 saturated heterocycles. The number of morpholine rings is 1. The van der Waals surface area contributed by atoms with Gasteiger partial charge in [-0.1, -0.05) is 30.3 Å². The van der Waals surface area contributed by atoms with Crippen LogP contribution >= 0.6 is 0 Å². The fraction of sp³-hybridized carbons (Fsp3) is 0.429. The van der Waals surface area contributed by atoms with Gasteiger partial charge in [-0.15, -0.1) is 0 Å². The van der Waals surface area contributed by atoms with Crippen molar-refractivity contribution in [1.29, 1.82) is 0 Å². The van der Waals surface area contributed by atoms with Gasteiger partial charge in [-0.05, 0) is 12.5 Å². The topological polar surface area (TPSA) is 76.1 Å². The van der Waals surface area contributed by atoms with Crippen LogP contribution in [-0.2, 0) is 20.9 Å². The molecular weight excluding hydrogens is 262 g/mol. The van der Waals surface area contributed by atoms with Gasteiger partial charge in [0.05, 0.1) is 19.2 Å². The highest BCUT2D eigenvalue weighted by atomic mass is 16.6. The number of carbonyl (C=O) groups is 2. The normalized spacial score (nSPS) is 22.4. The molecule has 0 unspecified atom stereocenters. The van der Waals surface area contributed by atoms with E-state index in [1.54, 1.807) is 6.92 Å². The largest absolute Gasteiger partial charge is 0.479 e. The van der Waals surface area contributed by atoms with Crippen molar-refractivity contribution in [2.45, 2.75) is 25.7 Å². The Morgan fingerprint density at radius 2 is 2.05 bits per heavy atom. The smallest absolute Gasteiger partial charge is 0.410 e. The molecule has 0 bridgehead atoms. The Morgan fingerprint density at radius 3 is 2.70 bits per heavy atom.